The molecule has 1 aromatic carbocycles. The smallest absolute Gasteiger partial charge is 0.274 e. The highest BCUT2D eigenvalue weighted by molar-refractivity contribution is 7.20. The zero-order chi connectivity index (χ0) is 14.9. The summed E-state index contributed by atoms with van der Waals surface area (Å²) in [6.07, 6.45) is 6.06. The molecule has 1 saturated carbocycles. The quantitative estimate of drug-likeness (QED) is 0.941. The Hall–Kier alpha value is -1.46. The largest absolute Gasteiger partial charge is 0.462 e. The van der Waals surface area contributed by atoms with Crippen molar-refractivity contribution in [3.05, 3.63) is 24.3 Å². The average Bonchev–Trinajstić information content (AvgIpc) is 3.15. The van der Waals surface area contributed by atoms with Crippen LogP contribution in [0.4, 0.5) is 0 Å². The molecule has 4 nitrogen and oxygen atoms in total. The molecule has 2 aromatic rings. The molecule has 4 rings (SSSR count). The second-order valence-corrected chi connectivity index (χ2v) is 7.30. The van der Waals surface area contributed by atoms with Gasteiger partial charge in [-0.2, -0.15) is 0 Å². The summed E-state index contributed by atoms with van der Waals surface area (Å²) in [5.74, 6) is 0.846. The van der Waals surface area contributed by atoms with E-state index in [-0.39, 0.29) is 18.4 Å². The summed E-state index contributed by atoms with van der Waals surface area (Å²) < 4.78 is 6.73. The van der Waals surface area contributed by atoms with E-state index in [1.54, 1.807) is 0 Å². The first-order valence-corrected chi connectivity index (χ1v) is 8.88. The maximum Gasteiger partial charge on any atom is 0.274 e. The number of rotatable bonds is 4. The summed E-state index contributed by atoms with van der Waals surface area (Å²) in [6, 6.07) is 8.45. The molecular formula is C17H20N2O2S. The monoisotopic (exact) mass is 316 g/mol. The fourth-order valence-electron chi connectivity index (χ4n) is 3.71. The molecule has 22 heavy (non-hydrogen) atoms. The number of ether oxygens (including phenoxy) is 1. The van der Waals surface area contributed by atoms with E-state index in [2.05, 4.69) is 10.3 Å². The van der Waals surface area contributed by atoms with E-state index in [0.717, 1.165) is 16.6 Å². The van der Waals surface area contributed by atoms with Gasteiger partial charge in [0.25, 0.3) is 5.19 Å². The van der Waals surface area contributed by atoms with Crippen molar-refractivity contribution in [2.45, 2.75) is 44.2 Å². The minimum atomic E-state index is -0.0255. The second kappa shape index (κ2) is 5.97. The summed E-state index contributed by atoms with van der Waals surface area (Å²) in [7, 11) is 0. The number of ketones is 1. The van der Waals surface area contributed by atoms with Crippen LogP contribution >= 0.6 is 11.3 Å². The number of carbonyl (C=O) groups is 1. The van der Waals surface area contributed by atoms with Gasteiger partial charge in [-0.3, -0.25) is 4.79 Å². The van der Waals surface area contributed by atoms with Crippen LogP contribution in [0.25, 0.3) is 10.2 Å². The van der Waals surface area contributed by atoms with Crippen molar-refractivity contribution in [3.63, 3.8) is 0 Å². The Labute approximate surface area is 133 Å². The fourth-order valence-corrected chi connectivity index (χ4v) is 4.52. The van der Waals surface area contributed by atoms with E-state index in [0.29, 0.717) is 17.2 Å². The third-order valence-corrected chi connectivity index (χ3v) is 5.81. The molecule has 5 heteroatoms. The second-order valence-electron chi connectivity index (χ2n) is 6.31. The van der Waals surface area contributed by atoms with E-state index in [4.69, 9.17) is 4.74 Å². The molecule has 2 aliphatic rings. The lowest BCUT2D eigenvalue weighted by molar-refractivity contribution is -0.122. The Bertz CT molecular complexity index is 637. The molecule has 1 saturated heterocycles. The molecule has 2 heterocycles. The molecule has 3 atom stereocenters. The molecule has 1 aliphatic heterocycles. The van der Waals surface area contributed by atoms with Gasteiger partial charge in [-0.15, -0.1) is 0 Å². The highest BCUT2D eigenvalue weighted by atomic mass is 32.1. The molecule has 1 aromatic heterocycles. The minimum Gasteiger partial charge on any atom is -0.462 e. The van der Waals surface area contributed by atoms with Crippen LogP contribution in [0.3, 0.4) is 0 Å². The molecule has 0 spiro atoms. The van der Waals surface area contributed by atoms with Crippen molar-refractivity contribution >= 4 is 27.3 Å². The van der Waals surface area contributed by atoms with Crippen LogP contribution in [0.5, 0.6) is 5.19 Å². The van der Waals surface area contributed by atoms with Gasteiger partial charge in [-0.1, -0.05) is 36.3 Å². The maximum atomic E-state index is 12.4. The molecular weight excluding hydrogens is 296 g/mol. The SMILES string of the molecule is O=C(COc1nc2ccccc2s1)C1CC2CCCCC2N1. The number of aromatic nitrogens is 1. The van der Waals surface area contributed by atoms with Crippen LogP contribution in [0, 0.1) is 5.92 Å². The van der Waals surface area contributed by atoms with Gasteiger partial charge < -0.3 is 10.1 Å². The molecule has 116 valence electrons. The topological polar surface area (TPSA) is 51.2 Å². The number of carbonyl (C=O) groups excluding carboxylic acids is 1. The van der Waals surface area contributed by atoms with Crippen molar-refractivity contribution in [2.24, 2.45) is 5.92 Å². The number of hydrogen-bond donors (Lipinski definition) is 1. The van der Waals surface area contributed by atoms with Crippen LogP contribution < -0.4 is 10.1 Å². The highest BCUT2D eigenvalue weighted by Gasteiger charge is 2.38. The Kier molecular flexibility index (Phi) is 3.84. The number of nitrogens with one attached hydrogen (secondary N) is 1. The van der Waals surface area contributed by atoms with Gasteiger partial charge in [0.2, 0.25) is 0 Å². The number of hydrogen-bond acceptors (Lipinski definition) is 5. The van der Waals surface area contributed by atoms with Gasteiger partial charge in [-0.25, -0.2) is 4.98 Å². The predicted octanol–water partition coefficient (Wildman–Crippen LogP) is 3.16. The molecule has 3 unspecified atom stereocenters. The van der Waals surface area contributed by atoms with Gasteiger partial charge >= 0.3 is 0 Å². The van der Waals surface area contributed by atoms with E-state index in [9.17, 15) is 4.79 Å². The Balaban J connectivity index is 1.36. The minimum absolute atomic E-state index is 0.0255. The maximum absolute atomic E-state index is 12.4. The number of nitrogens with zero attached hydrogens (tertiary/aromatic N) is 1. The lowest BCUT2D eigenvalue weighted by Gasteiger charge is -2.24. The van der Waals surface area contributed by atoms with Crippen molar-refractivity contribution in [1.82, 2.24) is 10.3 Å². The predicted molar refractivity (Wildman–Crippen MR) is 87.4 cm³/mol. The lowest BCUT2D eigenvalue weighted by atomic mass is 9.85. The van der Waals surface area contributed by atoms with Crippen LogP contribution in [0.2, 0.25) is 0 Å². The van der Waals surface area contributed by atoms with Crippen molar-refractivity contribution in [1.29, 1.82) is 0 Å². The van der Waals surface area contributed by atoms with Gasteiger partial charge in [0.15, 0.2) is 12.4 Å². The van der Waals surface area contributed by atoms with Crippen LogP contribution in [0.1, 0.15) is 32.1 Å². The first kappa shape index (κ1) is 14.2. The van der Waals surface area contributed by atoms with E-state index < -0.39 is 0 Å². The Morgan fingerprint density at radius 3 is 3.05 bits per heavy atom. The van der Waals surface area contributed by atoms with Crippen LogP contribution in [-0.2, 0) is 4.79 Å². The zero-order valence-electron chi connectivity index (χ0n) is 12.5. The normalized spacial score (nSPS) is 27.7. The van der Waals surface area contributed by atoms with Crippen molar-refractivity contribution in [2.75, 3.05) is 6.61 Å². The fraction of sp³-hybridized carbons (Fsp3) is 0.529. The number of benzene rings is 1. The van der Waals surface area contributed by atoms with Crippen LogP contribution in [0.15, 0.2) is 24.3 Å². The standard InChI is InChI=1S/C17H20N2O2S/c20-15(14-9-11-5-1-2-6-12(11)18-14)10-21-17-19-13-7-3-4-8-16(13)22-17/h3-4,7-8,11-12,14,18H,1-2,5-6,9-10H2. The Morgan fingerprint density at radius 1 is 1.32 bits per heavy atom. The Morgan fingerprint density at radius 2 is 2.18 bits per heavy atom. The van der Waals surface area contributed by atoms with Gasteiger partial charge in [0, 0.05) is 6.04 Å². The number of thiazole rings is 1. The molecule has 1 aliphatic carbocycles. The molecule has 0 radical (unpaired) electrons. The summed E-state index contributed by atoms with van der Waals surface area (Å²) in [5.41, 5.74) is 0.931. The summed E-state index contributed by atoms with van der Waals surface area (Å²) >= 11 is 1.50. The first-order chi connectivity index (χ1) is 10.8. The molecule has 1 N–H and O–H groups in total. The third kappa shape index (κ3) is 2.75. The third-order valence-electron chi connectivity index (χ3n) is 4.86. The zero-order valence-corrected chi connectivity index (χ0v) is 13.3. The first-order valence-electron chi connectivity index (χ1n) is 8.07. The van der Waals surface area contributed by atoms with Crippen LogP contribution in [-0.4, -0.2) is 29.5 Å². The molecule has 0 amide bonds. The summed E-state index contributed by atoms with van der Waals surface area (Å²) in [4.78, 5) is 16.8. The van der Waals surface area contributed by atoms with E-state index in [1.807, 2.05) is 24.3 Å². The van der Waals surface area contributed by atoms with Crippen molar-refractivity contribution in [3.8, 4) is 5.19 Å². The van der Waals surface area contributed by atoms with Crippen molar-refractivity contribution < 1.29 is 9.53 Å². The van der Waals surface area contributed by atoms with E-state index >= 15 is 0 Å². The summed E-state index contributed by atoms with van der Waals surface area (Å²) in [6.45, 7) is 0.122. The lowest BCUT2D eigenvalue weighted by Crippen LogP contribution is -2.39. The van der Waals surface area contributed by atoms with Gasteiger partial charge in [-0.05, 0) is 37.3 Å². The van der Waals surface area contributed by atoms with Gasteiger partial charge in [0.05, 0.1) is 16.3 Å². The number of fused-ring (bicyclic) bond motifs is 2. The molecule has 2 fully saturated rings. The van der Waals surface area contributed by atoms with Gasteiger partial charge in [0.1, 0.15) is 0 Å². The average molecular weight is 316 g/mol. The summed E-state index contributed by atoms with van der Waals surface area (Å²) in [5, 5.41) is 4.10. The highest BCUT2D eigenvalue weighted by Crippen LogP contribution is 2.33. The number of para-hydroxylation sites is 1. The number of Topliss-reactive ketones (excluding diaryl/α,β-unsaturated/α-hetero) is 1. The van der Waals surface area contributed by atoms with E-state index in [1.165, 1.54) is 37.0 Å². The molecule has 0 bridgehead atoms.